The van der Waals surface area contributed by atoms with Crippen LogP contribution in [0.25, 0.3) is 11.0 Å². The Morgan fingerprint density at radius 1 is 1.45 bits per heavy atom. The van der Waals surface area contributed by atoms with Gasteiger partial charge >= 0.3 is 0 Å². The van der Waals surface area contributed by atoms with Crippen LogP contribution in [0.15, 0.2) is 16.9 Å². The molecule has 1 aliphatic heterocycles. The van der Waals surface area contributed by atoms with Crippen LogP contribution in [0.2, 0.25) is 0 Å². The number of rotatable bonds is 3. The van der Waals surface area contributed by atoms with E-state index in [1.165, 1.54) is 24.1 Å². The Bertz CT molecular complexity index is 705. The van der Waals surface area contributed by atoms with Crippen LogP contribution in [0.3, 0.4) is 0 Å². The van der Waals surface area contributed by atoms with Crippen molar-refractivity contribution in [1.82, 2.24) is 14.9 Å². The highest BCUT2D eigenvalue weighted by Gasteiger charge is 2.23. The van der Waals surface area contributed by atoms with Gasteiger partial charge in [0.15, 0.2) is 0 Å². The van der Waals surface area contributed by atoms with E-state index in [2.05, 4.69) is 40.8 Å². The van der Waals surface area contributed by atoms with E-state index in [9.17, 15) is 4.79 Å². The quantitative estimate of drug-likeness (QED) is 0.932. The monoisotopic (exact) mass is 271 g/mol. The van der Waals surface area contributed by atoms with E-state index < -0.39 is 0 Å². The van der Waals surface area contributed by atoms with Gasteiger partial charge in [0.1, 0.15) is 5.69 Å². The highest BCUT2D eigenvalue weighted by atomic mass is 16.1. The van der Waals surface area contributed by atoms with E-state index in [1.807, 2.05) is 6.92 Å². The maximum Gasteiger partial charge on any atom is 0.270 e. The fourth-order valence-corrected chi connectivity index (χ4v) is 2.75. The van der Waals surface area contributed by atoms with Crippen molar-refractivity contribution in [2.75, 3.05) is 6.54 Å². The van der Waals surface area contributed by atoms with Crippen molar-refractivity contribution in [2.24, 2.45) is 0 Å². The molecule has 20 heavy (non-hydrogen) atoms. The first-order chi connectivity index (χ1) is 9.58. The summed E-state index contributed by atoms with van der Waals surface area (Å²) >= 11 is 0. The molecule has 0 radical (unpaired) electrons. The molecule has 0 amide bonds. The lowest BCUT2D eigenvalue weighted by Crippen LogP contribution is -2.44. The summed E-state index contributed by atoms with van der Waals surface area (Å²) in [5.74, 6) is 0. The van der Waals surface area contributed by atoms with Gasteiger partial charge in [0.05, 0.1) is 11.0 Å². The molecule has 3 rings (SSSR count). The molecule has 0 spiro atoms. The third-order valence-electron chi connectivity index (χ3n) is 4.39. The molecule has 0 aliphatic carbocycles. The van der Waals surface area contributed by atoms with Gasteiger partial charge in [-0.05, 0) is 49.9 Å². The van der Waals surface area contributed by atoms with Crippen molar-refractivity contribution in [3.05, 3.63) is 39.3 Å². The lowest BCUT2D eigenvalue weighted by atomic mass is 10.0. The van der Waals surface area contributed by atoms with E-state index in [0.29, 0.717) is 18.2 Å². The molecule has 4 nitrogen and oxygen atoms in total. The molecule has 1 aliphatic rings. The number of likely N-dealkylation sites (tertiary alicyclic amines) is 1. The van der Waals surface area contributed by atoms with Gasteiger partial charge in [-0.3, -0.25) is 9.69 Å². The maximum absolute atomic E-state index is 11.9. The Balaban J connectivity index is 2.02. The van der Waals surface area contributed by atoms with Gasteiger partial charge in [-0.25, -0.2) is 4.98 Å². The van der Waals surface area contributed by atoms with E-state index in [0.717, 1.165) is 17.6 Å². The summed E-state index contributed by atoms with van der Waals surface area (Å²) in [5.41, 5.74) is 4.82. The summed E-state index contributed by atoms with van der Waals surface area (Å²) in [7, 11) is 0. The average molecular weight is 271 g/mol. The fourth-order valence-electron chi connectivity index (χ4n) is 2.75. The molecule has 1 N–H and O–H groups in total. The first-order valence-electron chi connectivity index (χ1n) is 7.35. The highest BCUT2D eigenvalue weighted by Crippen LogP contribution is 2.23. The molecule has 4 heteroatoms. The van der Waals surface area contributed by atoms with E-state index in [-0.39, 0.29) is 5.56 Å². The Morgan fingerprint density at radius 3 is 2.85 bits per heavy atom. The van der Waals surface area contributed by atoms with Crippen LogP contribution in [0.4, 0.5) is 0 Å². The van der Waals surface area contributed by atoms with E-state index in [1.54, 1.807) is 0 Å². The third kappa shape index (κ3) is 2.24. The van der Waals surface area contributed by atoms with Crippen LogP contribution in [0, 0.1) is 6.92 Å². The second kappa shape index (κ2) is 5.02. The molecule has 0 saturated carbocycles. The van der Waals surface area contributed by atoms with E-state index >= 15 is 0 Å². The van der Waals surface area contributed by atoms with Crippen LogP contribution in [0.1, 0.15) is 37.1 Å². The second-order valence-corrected chi connectivity index (χ2v) is 5.77. The molecule has 1 fully saturated rings. The van der Waals surface area contributed by atoms with Gasteiger partial charge in [-0.2, -0.15) is 0 Å². The molecule has 2 heterocycles. The van der Waals surface area contributed by atoms with Crippen molar-refractivity contribution in [1.29, 1.82) is 0 Å². The van der Waals surface area contributed by atoms with E-state index in [4.69, 9.17) is 0 Å². The zero-order chi connectivity index (χ0) is 14.3. The van der Waals surface area contributed by atoms with Crippen molar-refractivity contribution in [2.45, 2.75) is 46.2 Å². The number of nitrogens with one attached hydrogen (secondary N) is 1. The standard InChI is InChI=1S/C16H21N3O/c1-4-13-16(20)18-15-8-12(9-19-6-5-11(19)3)10(2)7-14(15)17-13/h7-8,11H,4-6,9H2,1-3H3,(H,18,20)/t11-/m1/s1. The number of aromatic nitrogens is 2. The van der Waals surface area contributed by atoms with Gasteiger partial charge in [0.25, 0.3) is 5.56 Å². The molecule has 1 atom stereocenters. The minimum Gasteiger partial charge on any atom is -0.319 e. The topological polar surface area (TPSA) is 49.0 Å². The predicted molar refractivity (Wildman–Crippen MR) is 81.0 cm³/mol. The third-order valence-corrected chi connectivity index (χ3v) is 4.39. The minimum atomic E-state index is -0.0629. The summed E-state index contributed by atoms with van der Waals surface area (Å²) in [5, 5.41) is 0. The molecule has 0 bridgehead atoms. The zero-order valence-corrected chi connectivity index (χ0v) is 12.4. The summed E-state index contributed by atoms with van der Waals surface area (Å²) in [6, 6.07) is 4.85. The molecule has 106 valence electrons. The van der Waals surface area contributed by atoms with Crippen LogP contribution in [-0.2, 0) is 13.0 Å². The number of hydrogen-bond acceptors (Lipinski definition) is 3. The Hall–Kier alpha value is -1.68. The maximum atomic E-state index is 11.9. The van der Waals surface area contributed by atoms with Crippen molar-refractivity contribution in [3.8, 4) is 0 Å². The second-order valence-electron chi connectivity index (χ2n) is 5.77. The molecule has 1 aromatic heterocycles. The van der Waals surface area contributed by atoms with Gasteiger partial charge in [-0.15, -0.1) is 0 Å². The van der Waals surface area contributed by atoms with Crippen molar-refractivity contribution < 1.29 is 0 Å². The molecule has 1 saturated heterocycles. The Labute approximate surface area is 118 Å². The smallest absolute Gasteiger partial charge is 0.270 e. The lowest BCUT2D eigenvalue weighted by Gasteiger charge is -2.39. The van der Waals surface area contributed by atoms with Crippen molar-refractivity contribution >= 4 is 11.0 Å². The molecule has 2 aromatic rings. The summed E-state index contributed by atoms with van der Waals surface area (Å²) in [4.78, 5) is 21.8. The Morgan fingerprint density at radius 2 is 2.25 bits per heavy atom. The number of fused-ring (bicyclic) bond motifs is 1. The van der Waals surface area contributed by atoms with Crippen LogP contribution < -0.4 is 5.56 Å². The van der Waals surface area contributed by atoms with Crippen LogP contribution >= 0.6 is 0 Å². The first-order valence-corrected chi connectivity index (χ1v) is 7.35. The lowest BCUT2D eigenvalue weighted by molar-refractivity contribution is 0.0957. The summed E-state index contributed by atoms with van der Waals surface area (Å²) in [6.07, 6.45) is 1.95. The number of benzene rings is 1. The van der Waals surface area contributed by atoms with Gasteiger partial charge in [-0.1, -0.05) is 6.92 Å². The van der Waals surface area contributed by atoms with Gasteiger partial charge in [0.2, 0.25) is 0 Å². The Kier molecular flexibility index (Phi) is 3.34. The first kappa shape index (κ1) is 13.3. The van der Waals surface area contributed by atoms with Gasteiger partial charge in [0, 0.05) is 19.1 Å². The number of H-pyrrole nitrogens is 1. The fraction of sp³-hybridized carbons (Fsp3) is 0.500. The summed E-state index contributed by atoms with van der Waals surface area (Å²) < 4.78 is 0. The van der Waals surface area contributed by atoms with Crippen molar-refractivity contribution in [3.63, 3.8) is 0 Å². The number of hydrogen-bond donors (Lipinski definition) is 1. The normalized spacial score (nSPS) is 19.2. The SMILES string of the molecule is CCc1nc2cc(C)c(CN3CC[C@H]3C)cc2[nH]c1=O. The van der Waals surface area contributed by atoms with Crippen LogP contribution in [-0.4, -0.2) is 27.5 Å². The summed E-state index contributed by atoms with van der Waals surface area (Å²) in [6.45, 7) is 8.47. The zero-order valence-electron chi connectivity index (χ0n) is 12.4. The van der Waals surface area contributed by atoms with Crippen LogP contribution in [0.5, 0.6) is 0 Å². The number of aromatic amines is 1. The molecular formula is C16H21N3O. The molecular weight excluding hydrogens is 250 g/mol. The predicted octanol–water partition coefficient (Wildman–Crippen LogP) is 2.39. The number of aryl methyl sites for hydroxylation is 2. The van der Waals surface area contributed by atoms with Gasteiger partial charge < -0.3 is 4.98 Å². The minimum absolute atomic E-state index is 0.0629. The average Bonchev–Trinajstić information content (AvgIpc) is 2.43. The molecule has 1 aromatic carbocycles. The largest absolute Gasteiger partial charge is 0.319 e. The molecule has 0 unspecified atom stereocenters. The highest BCUT2D eigenvalue weighted by molar-refractivity contribution is 5.76. The number of nitrogens with zero attached hydrogens (tertiary/aromatic N) is 2.